The number of halogens is 1. The molecule has 1 aliphatic carbocycles. The third-order valence-electron chi connectivity index (χ3n) is 4.32. The van der Waals surface area contributed by atoms with Crippen molar-refractivity contribution in [3.8, 4) is 0 Å². The monoisotopic (exact) mass is 388 g/mol. The molecular weight excluding hydrogens is 372 g/mol. The van der Waals surface area contributed by atoms with Crippen LogP contribution >= 0.6 is 27.7 Å². The highest BCUT2D eigenvalue weighted by atomic mass is 79.9. The number of hydrogen-bond donors (Lipinski definition) is 0. The van der Waals surface area contributed by atoms with Gasteiger partial charge >= 0.3 is 0 Å². The molecule has 0 aromatic heterocycles. The second-order valence-electron chi connectivity index (χ2n) is 5.59. The average molecular weight is 389 g/mol. The second kappa shape index (κ2) is 6.54. The number of fused-ring (bicyclic) bond motifs is 2. The van der Waals surface area contributed by atoms with Crippen LogP contribution in [0.5, 0.6) is 0 Å². The van der Waals surface area contributed by atoms with Gasteiger partial charge in [-0.15, -0.1) is 0 Å². The predicted octanol–water partition coefficient (Wildman–Crippen LogP) is 6.07. The first kappa shape index (κ1) is 16.3. The van der Waals surface area contributed by atoms with Crippen molar-refractivity contribution < 1.29 is 9.53 Å². The van der Waals surface area contributed by atoms with Gasteiger partial charge in [0.2, 0.25) is 0 Å². The van der Waals surface area contributed by atoms with Gasteiger partial charge in [0.25, 0.3) is 0 Å². The van der Waals surface area contributed by atoms with E-state index in [-0.39, 0.29) is 0 Å². The number of rotatable bonds is 3. The number of thioether (sulfide) groups is 1. The highest BCUT2D eigenvalue weighted by Gasteiger charge is 2.21. The zero-order chi connectivity index (χ0) is 16.6. The van der Waals surface area contributed by atoms with E-state index < -0.39 is 0 Å². The largest absolute Gasteiger partial charge is 0.496 e. The van der Waals surface area contributed by atoms with Gasteiger partial charge in [0, 0.05) is 20.5 Å². The molecule has 0 unspecified atom stereocenters. The van der Waals surface area contributed by atoms with Crippen molar-refractivity contribution in [2.24, 2.45) is 0 Å². The van der Waals surface area contributed by atoms with Crippen LogP contribution in [0.3, 0.4) is 0 Å². The van der Waals surface area contributed by atoms with E-state index in [0.29, 0.717) is 0 Å². The molecule has 0 saturated carbocycles. The molecular formula is C19H17BrO2S. The van der Waals surface area contributed by atoms with Crippen molar-refractivity contribution in [1.82, 2.24) is 0 Å². The van der Waals surface area contributed by atoms with Crippen LogP contribution in [0.25, 0.3) is 22.1 Å². The first-order valence-corrected chi connectivity index (χ1v) is 9.02. The lowest BCUT2D eigenvalue weighted by molar-refractivity contribution is 0.369. The highest BCUT2D eigenvalue weighted by molar-refractivity contribution is 9.10. The molecule has 0 radical (unpaired) electrons. The van der Waals surface area contributed by atoms with E-state index >= 15 is 0 Å². The minimum Gasteiger partial charge on any atom is -0.496 e. The van der Waals surface area contributed by atoms with E-state index in [1.165, 1.54) is 22.9 Å². The Labute approximate surface area is 148 Å². The van der Waals surface area contributed by atoms with Gasteiger partial charge in [0.1, 0.15) is 5.76 Å². The Morgan fingerprint density at radius 2 is 2.04 bits per heavy atom. The molecule has 0 spiro atoms. The third-order valence-corrected chi connectivity index (χ3v) is 5.57. The smallest absolute Gasteiger partial charge is 0.181 e. The van der Waals surface area contributed by atoms with Crippen molar-refractivity contribution in [1.29, 1.82) is 0 Å². The molecule has 2 aromatic carbocycles. The SMILES string of the molecule is COC1=CCC(C)=C(C)c2c1cc1ccc(Br)cc1c2SC=O. The Kier molecular flexibility index (Phi) is 4.64. The molecule has 0 atom stereocenters. The van der Waals surface area contributed by atoms with Gasteiger partial charge in [-0.05, 0) is 60.9 Å². The summed E-state index contributed by atoms with van der Waals surface area (Å²) in [6.45, 7) is 4.26. The predicted molar refractivity (Wildman–Crippen MR) is 102 cm³/mol. The summed E-state index contributed by atoms with van der Waals surface area (Å²) in [7, 11) is 1.70. The highest BCUT2D eigenvalue weighted by Crippen LogP contribution is 2.43. The Balaban J connectivity index is 2.48. The molecule has 2 aromatic rings. The van der Waals surface area contributed by atoms with E-state index in [9.17, 15) is 4.79 Å². The van der Waals surface area contributed by atoms with Crippen LogP contribution in [0.15, 0.2) is 45.3 Å². The van der Waals surface area contributed by atoms with E-state index in [0.717, 1.165) is 49.1 Å². The van der Waals surface area contributed by atoms with E-state index in [1.54, 1.807) is 7.11 Å². The summed E-state index contributed by atoms with van der Waals surface area (Å²) in [6.07, 6.45) is 2.97. The zero-order valence-corrected chi connectivity index (χ0v) is 15.7. The molecule has 3 rings (SSSR count). The molecule has 0 fully saturated rings. The van der Waals surface area contributed by atoms with Crippen molar-refractivity contribution in [3.05, 3.63) is 51.5 Å². The van der Waals surface area contributed by atoms with Crippen LogP contribution in [0, 0.1) is 0 Å². The lowest BCUT2D eigenvalue weighted by Gasteiger charge is -2.18. The van der Waals surface area contributed by atoms with E-state index in [4.69, 9.17) is 4.74 Å². The number of allylic oxidation sites excluding steroid dienone is 3. The molecule has 0 N–H and O–H groups in total. The molecule has 118 valence electrons. The molecule has 4 heteroatoms. The van der Waals surface area contributed by atoms with Crippen molar-refractivity contribution in [2.45, 2.75) is 25.2 Å². The fraction of sp³-hybridized carbons (Fsp3) is 0.211. The standard InChI is InChI=1S/C19H17BrO2S/c1-11-4-7-17(22-3)16-8-13-5-6-14(20)9-15(13)19(23-10-21)18(16)12(11)2/h5-10H,4H2,1-3H3. The van der Waals surface area contributed by atoms with E-state index in [1.807, 2.05) is 6.07 Å². The van der Waals surface area contributed by atoms with Gasteiger partial charge in [-0.2, -0.15) is 0 Å². The fourth-order valence-electron chi connectivity index (χ4n) is 2.99. The average Bonchev–Trinajstić information content (AvgIpc) is 2.66. The maximum absolute atomic E-state index is 11.3. The van der Waals surface area contributed by atoms with Gasteiger partial charge in [-0.1, -0.05) is 39.3 Å². The van der Waals surface area contributed by atoms with Crippen molar-refractivity contribution in [2.75, 3.05) is 7.11 Å². The number of methoxy groups -OCH3 is 1. The lowest BCUT2D eigenvalue weighted by atomic mass is 9.94. The number of carbonyl (C=O) groups is 1. The third kappa shape index (κ3) is 2.86. The Hall–Kier alpha value is -1.52. The first-order chi connectivity index (χ1) is 11.1. The van der Waals surface area contributed by atoms with Gasteiger partial charge in [-0.3, -0.25) is 4.79 Å². The van der Waals surface area contributed by atoms with Crippen LogP contribution in [-0.2, 0) is 9.53 Å². The topological polar surface area (TPSA) is 26.3 Å². The minimum absolute atomic E-state index is 0.856. The van der Waals surface area contributed by atoms with Gasteiger partial charge in [0.15, 0.2) is 5.62 Å². The Bertz CT molecular complexity index is 865. The van der Waals surface area contributed by atoms with Crippen LogP contribution in [0.2, 0.25) is 0 Å². The first-order valence-electron chi connectivity index (χ1n) is 7.34. The summed E-state index contributed by atoms with van der Waals surface area (Å²) in [5.41, 5.74) is 5.58. The maximum Gasteiger partial charge on any atom is 0.181 e. The Morgan fingerprint density at radius 3 is 2.74 bits per heavy atom. The second-order valence-corrected chi connectivity index (χ2v) is 7.34. The summed E-state index contributed by atoms with van der Waals surface area (Å²) >= 11 is 4.77. The normalized spacial score (nSPS) is 14.3. The van der Waals surface area contributed by atoms with Crippen LogP contribution in [0.1, 0.15) is 31.4 Å². The van der Waals surface area contributed by atoms with Crippen LogP contribution in [0.4, 0.5) is 0 Å². The summed E-state index contributed by atoms with van der Waals surface area (Å²) in [6, 6.07) is 8.32. The minimum atomic E-state index is 0.856. The lowest BCUT2D eigenvalue weighted by Crippen LogP contribution is -1.97. The fourth-order valence-corrected chi connectivity index (χ4v) is 4.13. The molecule has 1 aliphatic rings. The molecule has 0 aliphatic heterocycles. The quantitative estimate of drug-likeness (QED) is 0.471. The molecule has 0 saturated heterocycles. The number of hydrogen-bond acceptors (Lipinski definition) is 3. The van der Waals surface area contributed by atoms with Gasteiger partial charge < -0.3 is 4.74 Å². The molecule has 23 heavy (non-hydrogen) atoms. The van der Waals surface area contributed by atoms with Gasteiger partial charge in [-0.25, -0.2) is 0 Å². The van der Waals surface area contributed by atoms with Crippen molar-refractivity contribution in [3.63, 3.8) is 0 Å². The summed E-state index contributed by atoms with van der Waals surface area (Å²) in [4.78, 5) is 12.3. The molecule has 2 nitrogen and oxygen atoms in total. The number of carbonyl (C=O) groups excluding carboxylic acids is 1. The summed E-state index contributed by atoms with van der Waals surface area (Å²) in [5.74, 6) is 0.869. The van der Waals surface area contributed by atoms with Crippen molar-refractivity contribution >= 4 is 55.4 Å². The van der Waals surface area contributed by atoms with Gasteiger partial charge in [0.05, 0.1) is 7.11 Å². The molecule has 0 amide bonds. The van der Waals surface area contributed by atoms with Crippen LogP contribution in [-0.4, -0.2) is 12.7 Å². The summed E-state index contributed by atoms with van der Waals surface area (Å²) in [5, 5.41) is 2.19. The Morgan fingerprint density at radius 1 is 1.26 bits per heavy atom. The maximum atomic E-state index is 11.3. The summed E-state index contributed by atoms with van der Waals surface area (Å²) < 4.78 is 6.63. The number of benzene rings is 2. The molecule has 0 bridgehead atoms. The molecule has 0 heterocycles. The zero-order valence-electron chi connectivity index (χ0n) is 13.3. The van der Waals surface area contributed by atoms with Crippen LogP contribution < -0.4 is 0 Å². The van der Waals surface area contributed by atoms with E-state index in [2.05, 4.69) is 54.1 Å². The number of ether oxygens (including phenoxy) is 1.